The first-order chi connectivity index (χ1) is 30.0. The van der Waals surface area contributed by atoms with Gasteiger partial charge in [-0.3, -0.25) is 4.98 Å². The van der Waals surface area contributed by atoms with E-state index in [1.807, 2.05) is 75.5 Å². The molecule has 0 saturated carbocycles. The van der Waals surface area contributed by atoms with Crippen molar-refractivity contribution in [3.8, 4) is 39.5 Å². The smallest absolute Gasteiger partial charge is 0 e. The van der Waals surface area contributed by atoms with Gasteiger partial charge in [-0.1, -0.05) is 99.3 Å². The van der Waals surface area contributed by atoms with Crippen LogP contribution in [0.4, 0.5) is 0 Å². The molecule has 9 rings (SSSR count). The maximum Gasteiger partial charge on any atom is 0 e. The Morgan fingerprint density at radius 2 is 1.39 bits per heavy atom. The number of nitrogens with zero attached hydrogens (tertiary/aromatic N) is 3. The molecular weight excluding hydrogens is 995 g/mol. The van der Waals surface area contributed by atoms with Crippen molar-refractivity contribution in [2.45, 2.75) is 83.9 Å². The Morgan fingerprint density at radius 3 is 2.05 bits per heavy atom. The van der Waals surface area contributed by atoms with Crippen LogP contribution in [-0.4, -0.2) is 27.8 Å². The molecule has 0 amide bonds. The van der Waals surface area contributed by atoms with Crippen LogP contribution in [-0.2, 0) is 26.5 Å². The van der Waals surface area contributed by atoms with Crippen molar-refractivity contribution < 1.29 is 27.3 Å². The second-order valence-electron chi connectivity index (χ2n) is 18.6. The maximum atomic E-state index is 8.76. The number of rotatable bonds is 8. The average Bonchev–Trinajstić information content (AvgIpc) is 3.85. The van der Waals surface area contributed by atoms with Crippen LogP contribution in [0.5, 0.6) is 0 Å². The summed E-state index contributed by atoms with van der Waals surface area (Å²) in [6, 6.07) is 52.5. The van der Waals surface area contributed by atoms with Gasteiger partial charge in [-0.05, 0) is 64.4 Å². The Balaban J connectivity index is 0.000000219. The van der Waals surface area contributed by atoms with Crippen molar-refractivity contribution in [3.05, 3.63) is 168 Å². The van der Waals surface area contributed by atoms with E-state index in [-0.39, 0.29) is 20.1 Å². The maximum absolute atomic E-state index is 8.76. The molecule has 0 aliphatic heterocycles. The Kier molecular flexibility index (Phi) is 12.5. The minimum Gasteiger partial charge on any atom is 0 e. The first-order valence-corrected chi connectivity index (χ1v) is 28.8. The summed E-state index contributed by atoms with van der Waals surface area (Å²) in [6.07, 6.45) is 0.502. The summed E-state index contributed by atoms with van der Waals surface area (Å²) in [5.41, 5.74) is 12.9. The molecule has 6 aromatic carbocycles. The SMILES string of the molecule is CC(C)c1cc(-c2ccccc2)cc(C(C)C)c1-n1c(-c2[c-]ccc3c2oc2ccccc23)nc2ccccc21.[2H]C([2H])(c1cc(-c2[c-]cccc2)nc[c]1[Ge]([CH3])([CH3])[CH3])C(C)(C)C.[Ir]. The number of hydrogen-bond acceptors (Lipinski definition) is 3. The van der Waals surface area contributed by atoms with Crippen molar-refractivity contribution in [2.75, 3.05) is 0 Å². The van der Waals surface area contributed by atoms with E-state index in [0.29, 0.717) is 11.8 Å². The number of pyridine rings is 1. The summed E-state index contributed by atoms with van der Waals surface area (Å²) in [5, 5.41) is 2.18. The molecule has 4 nitrogen and oxygen atoms in total. The molecule has 0 spiro atoms. The molecule has 0 aliphatic carbocycles. The number of furan rings is 1. The molecule has 62 heavy (non-hydrogen) atoms. The van der Waals surface area contributed by atoms with Gasteiger partial charge in [0, 0.05) is 31.2 Å². The standard InChI is InChI=1S/C37H31N2O.C19H26GeN.Ir/c1-23(2)30-21-26(25-13-6-5-7-14-25)22-31(24(3)4)35(30)39-33-19-10-9-18-32(33)38-37(39)29-17-12-16-28-27-15-8-11-20-34(27)40-36(28)29;1-19(2,3)13-16-12-18(15-10-8-7-9-11-15)21-14-17(16)20(4,5)6;/h5-16,18-24H,1-4H3;7-10,12,14H,13H2,1-6H3;/q2*-1;/i;13D2;. The van der Waals surface area contributed by atoms with Gasteiger partial charge in [-0.15, -0.1) is 18.2 Å². The van der Waals surface area contributed by atoms with E-state index >= 15 is 0 Å². The predicted octanol–water partition coefficient (Wildman–Crippen LogP) is 15.0. The fourth-order valence-electron chi connectivity index (χ4n) is 8.15. The van der Waals surface area contributed by atoms with Crippen LogP contribution in [0.1, 0.15) is 79.7 Å². The van der Waals surface area contributed by atoms with E-state index in [4.69, 9.17) is 12.1 Å². The summed E-state index contributed by atoms with van der Waals surface area (Å²) >= 11 is -2.24. The Hall–Kier alpha value is -5.07. The zero-order valence-corrected chi connectivity index (χ0v) is 42.0. The first-order valence-electron chi connectivity index (χ1n) is 22.5. The fourth-order valence-corrected chi connectivity index (χ4v) is 11.1. The van der Waals surface area contributed by atoms with E-state index in [1.54, 1.807) is 0 Å². The van der Waals surface area contributed by atoms with Crippen molar-refractivity contribution in [1.82, 2.24) is 14.5 Å². The number of aromatic nitrogens is 3. The molecule has 0 fully saturated rings. The molecule has 9 aromatic rings. The van der Waals surface area contributed by atoms with Crippen LogP contribution in [0.2, 0.25) is 17.3 Å². The number of fused-ring (bicyclic) bond motifs is 4. The van der Waals surface area contributed by atoms with Crippen molar-refractivity contribution >= 4 is 50.6 Å². The molecule has 0 N–H and O–H groups in total. The van der Waals surface area contributed by atoms with E-state index in [9.17, 15) is 0 Å². The summed E-state index contributed by atoms with van der Waals surface area (Å²) in [5.74, 6) is 8.31. The Bertz CT molecular complexity index is 3040. The van der Waals surface area contributed by atoms with Crippen molar-refractivity contribution in [2.24, 2.45) is 5.41 Å². The van der Waals surface area contributed by atoms with Gasteiger partial charge in [0.05, 0.1) is 22.4 Å². The molecule has 0 aliphatic rings. The number of hydrogen-bond donors (Lipinski definition) is 0. The van der Waals surface area contributed by atoms with Crippen LogP contribution in [0.15, 0.2) is 144 Å². The predicted molar refractivity (Wildman–Crippen MR) is 261 cm³/mol. The van der Waals surface area contributed by atoms with Gasteiger partial charge in [0.1, 0.15) is 5.58 Å². The first kappa shape index (κ1) is 42.2. The zero-order chi connectivity index (χ0) is 44.8. The van der Waals surface area contributed by atoms with Crippen molar-refractivity contribution in [3.63, 3.8) is 0 Å². The summed E-state index contributed by atoms with van der Waals surface area (Å²) in [6.45, 7) is 15.0. The van der Waals surface area contributed by atoms with E-state index < -0.39 is 25.1 Å². The summed E-state index contributed by atoms with van der Waals surface area (Å²) in [4.78, 5) is 9.85. The Morgan fingerprint density at radius 1 is 0.726 bits per heavy atom. The van der Waals surface area contributed by atoms with Crippen LogP contribution in [0.25, 0.3) is 72.4 Å². The normalized spacial score (nSPS) is 12.6. The molecule has 0 unspecified atom stereocenters. The molecule has 1 radical (unpaired) electrons. The largest absolute Gasteiger partial charge is 0 e. The third-order valence-electron chi connectivity index (χ3n) is 11.1. The second-order valence-corrected chi connectivity index (χ2v) is 29.2. The number of para-hydroxylation sites is 3. The molecule has 0 saturated heterocycles. The minimum absolute atomic E-state index is 0. The van der Waals surface area contributed by atoms with Gasteiger partial charge in [-0.2, -0.15) is 0 Å². The molecular formula is C56H57GeIrN3O-2. The van der Waals surface area contributed by atoms with Crippen LogP contribution < -0.4 is 4.40 Å². The van der Waals surface area contributed by atoms with Gasteiger partial charge in [-0.25, -0.2) is 0 Å². The monoisotopic (exact) mass is 1060 g/mol. The quantitative estimate of drug-likeness (QED) is 0.113. The van der Waals surface area contributed by atoms with Gasteiger partial charge < -0.3 is 8.98 Å². The van der Waals surface area contributed by atoms with Gasteiger partial charge in [0.15, 0.2) is 0 Å². The van der Waals surface area contributed by atoms with Gasteiger partial charge in [0.25, 0.3) is 0 Å². The molecule has 0 bridgehead atoms. The summed E-state index contributed by atoms with van der Waals surface area (Å²) < 4.78 is 27.5. The number of benzene rings is 6. The molecule has 3 heterocycles. The van der Waals surface area contributed by atoms with Gasteiger partial charge in [0.2, 0.25) is 0 Å². The van der Waals surface area contributed by atoms with Crippen LogP contribution in [0.3, 0.4) is 0 Å². The molecule has 0 atom stereocenters. The molecule has 317 valence electrons. The third kappa shape index (κ3) is 9.32. The summed E-state index contributed by atoms with van der Waals surface area (Å²) in [7, 11) is 0. The molecule has 3 aromatic heterocycles. The Labute approximate surface area is 387 Å². The van der Waals surface area contributed by atoms with Crippen LogP contribution >= 0.6 is 0 Å². The van der Waals surface area contributed by atoms with Crippen LogP contribution in [0, 0.1) is 17.5 Å². The molecule has 6 heteroatoms. The van der Waals surface area contributed by atoms with Crippen molar-refractivity contribution in [1.29, 1.82) is 0 Å². The second kappa shape index (κ2) is 18.3. The zero-order valence-electron chi connectivity index (χ0n) is 39.5. The fraction of sp³-hybridized carbons (Fsp3) is 0.250. The minimum atomic E-state index is -2.24. The average molecular weight is 1050 g/mol. The van der Waals surface area contributed by atoms with E-state index in [2.05, 4.69) is 152 Å². The topological polar surface area (TPSA) is 43.9 Å². The van der Waals surface area contributed by atoms with Gasteiger partial charge >= 0.3 is 135 Å². The third-order valence-corrected chi connectivity index (χ3v) is 15.3. The number of imidazole rings is 1. The van der Waals surface area contributed by atoms with E-state index in [0.717, 1.165) is 65.6 Å². The van der Waals surface area contributed by atoms with E-state index in [1.165, 1.54) is 27.9 Å².